The number of aryl methyl sites for hydroxylation is 1. The highest BCUT2D eigenvalue weighted by Crippen LogP contribution is 2.30. The lowest BCUT2D eigenvalue weighted by Crippen LogP contribution is -2.64. The fourth-order valence-corrected chi connectivity index (χ4v) is 2.66. The van der Waals surface area contributed by atoms with Gasteiger partial charge in [0.2, 0.25) is 0 Å². The fraction of sp³-hybridized carbons (Fsp3) is 0.643. The Morgan fingerprint density at radius 1 is 1.50 bits per heavy atom. The van der Waals surface area contributed by atoms with Gasteiger partial charge in [0.05, 0.1) is 24.0 Å². The molecule has 4 heteroatoms. The van der Waals surface area contributed by atoms with Gasteiger partial charge in [0.15, 0.2) is 0 Å². The average Bonchev–Trinajstić information content (AvgIpc) is 2.35. The predicted octanol–water partition coefficient (Wildman–Crippen LogP) is 1.43. The highest BCUT2D eigenvalue weighted by Gasteiger charge is 2.42. The molecule has 0 unspecified atom stereocenters. The molecule has 1 atom stereocenters. The summed E-state index contributed by atoms with van der Waals surface area (Å²) >= 11 is 0. The van der Waals surface area contributed by atoms with E-state index in [0.29, 0.717) is 12.7 Å². The second-order valence-corrected chi connectivity index (χ2v) is 5.33. The van der Waals surface area contributed by atoms with Crippen LogP contribution < -0.4 is 5.32 Å². The molecule has 2 saturated heterocycles. The summed E-state index contributed by atoms with van der Waals surface area (Å²) < 4.78 is 11.8. The Balaban J connectivity index is 1.53. The van der Waals surface area contributed by atoms with Crippen LogP contribution in [0.25, 0.3) is 0 Å². The summed E-state index contributed by atoms with van der Waals surface area (Å²) in [5, 5.41) is 3.28. The zero-order valence-corrected chi connectivity index (χ0v) is 10.8. The summed E-state index contributed by atoms with van der Waals surface area (Å²) in [6.07, 6.45) is 2.31. The molecule has 18 heavy (non-hydrogen) atoms. The molecule has 3 heterocycles. The van der Waals surface area contributed by atoms with Crippen LogP contribution >= 0.6 is 0 Å². The molecule has 1 spiro atoms. The van der Waals surface area contributed by atoms with Gasteiger partial charge < -0.3 is 14.8 Å². The first kappa shape index (κ1) is 12.1. The number of rotatable bonds is 3. The molecule has 1 aromatic heterocycles. The zero-order chi connectivity index (χ0) is 12.4. The number of pyridine rings is 1. The van der Waals surface area contributed by atoms with Gasteiger partial charge in [-0.1, -0.05) is 6.07 Å². The van der Waals surface area contributed by atoms with Crippen LogP contribution in [0.4, 0.5) is 0 Å². The van der Waals surface area contributed by atoms with Crippen molar-refractivity contribution in [3.63, 3.8) is 0 Å². The van der Waals surface area contributed by atoms with Crippen molar-refractivity contribution in [1.82, 2.24) is 10.3 Å². The molecule has 1 N–H and O–H groups in total. The van der Waals surface area contributed by atoms with Crippen molar-refractivity contribution in [3.05, 3.63) is 29.6 Å². The Labute approximate surface area is 108 Å². The van der Waals surface area contributed by atoms with Crippen molar-refractivity contribution in [2.24, 2.45) is 0 Å². The number of nitrogens with one attached hydrogen (secondary N) is 1. The van der Waals surface area contributed by atoms with Gasteiger partial charge in [-0.3, -0.25) is 4.98 Å². The van der Waals surface area contributed by atoms with E-state index in [1.165, 1.54) is 0 Å². The molecule has 2 aliphatic heterocycles. The molecule has 0 radical (unpaired) electrons. The highest BCUT2D eigenvalue weighted by atomic mass is 16.5. The molecule has 98 valence electrons. The summed E-state index contributed by atoms with van der Waals surface area (Å²) in [5.74, 6) is 0. The SMILES string of the molecule is Cc1cccc(CO[C@H]2CCOC3(CNC3)C2)n1. The largest absolute Gasteiger partial charge is 0.372 e. The van der Waals surface area contributed by atoms with Crippen molar-refractivity contribution in [2.75, 3.05) is 19.7 Å². The monoisotopic (exact) mass is 248 g/mol. The van der Waals surface area contributed by atoms with E-state index in [-0.39, 0.29) is 5.60 Å². The van der Waals surface area contributed by atoms with E-state index in [0.717, 1.165) is 43.9 Å². The number of ether oxygens (including phenoxy) is 2. The molecule has 2 fully saturated rings. The Bertz CT molecular complexity index is 418. The van der Waals surface area contributed by atoms with Crippen molar-refractivity contribution >= 4 is 0 Å². The minimum atomic E-state index is 0.0585. The predicted molar refractivity (Wildman–Crippen MR) is 68.3 cm³/mol. The second kappa shape index (κ2) is 4.96. The third kappa shape index (κ3) is 2.55. The van der Waals surface area contributed by atoms with Crippen molar-refractivity contribution < 1.29 is 9.47 Å². The van der Waals surface area contributed by atoms with Crippen LogP contribution in [-0.2, 0) is 16.1 Å². The minimum Gasteiger partial charge on any atom is -0.372 e. The molecule has 1 aromatic rings. The van der Waals surface area contributed by atoms with Gasteiger partial charge in [-0.25, -0.2) is 0 Å². The summed E-state index contributed by atoms with van der Waals surface area (Å²) in [7, 11) is 0. The Kier molecular flexibility index (Phi) is 3.33. The normalized spacial score (nSPS) is 25.9. The Morgan fingerprint density at radius 3 is 3.11 bits per heavy atom. The van der Waals surface area contributed by atoms with Crippen LogP contribution in [0.1, 0.15) is 24.2 Å². The van der Waals surface area contributed by atoms with Crippen LogP contribution in [-0.4, -0.2) is 36.4 Å². The highest BCUT2D eigenvalue weighted by molar-refractivity contribution is 5.09. The van der Waals surface area contributed by atoms with E-state index in [2.05, 4.69) is 10.3 Å². The summed E-state index contributed by atoms with van der Waals surface area (Å²) in [6.45, 7) is 5.36. The maximum atomic E-state index is 5.98. The molecule has 0 saturated carbocycles. The first-order valence-corrected chi connectivity index (χ1v) is 6.65. The van der Waals surface area contributed by atoms with E-state index in [4.69, 9.17) is 9.47 Å². The third-order valence-electron chi connectivity index (χ3n) is 3.76. The van der Waals surface area contributed by atoms with Crippen molar-refractivity contribution in [3.8, 4) is 0 Å². The second-order valence-electron chi connectivity index (χ2n) is 5.33. The molecule has 3 rings (SSSR count). The van der Waals surface area contributed by atoms with Gasteiger partial charge in [-0.15, -0.1) is 0 Å². The number of hydrogen-bond donors (Lipinski definition) is 1. The number of aromatic nitrogens is 1. The minimum absolute atomic E-state index is 0.0585. The molecule has 2 aliphatic rings. The quantitative estimate of drug-likeness (QED) is 0.878. The lowest BCUT2D eigenvalue weighted by molar-refractivity contribution is -0.158. The van der Waals surface area contributed by atoms with E-state index >= 15 is 0 Å². The lowest BCUT2D eigenvalue weighted by Gasteiger charge is -2.47. The van der Waals surface area contributed by atoms with Gasteiger partial charge in [-0.2, -0.15) is 0 Å². The molecule has 0 aliphatic carbocycles. The topological polar surface area (TPSA) is 43.4 Å². The van der Waals surface area contributed by atoms with Gasteiger partial charge in [0, 0.05) is 31.8 Å². The summed E-state index contributed by atoms with van der Waals surface area (Å²) in [5.41, 5.74) is 2.12. The van der Waals surface area contributed by atoms with E-state index in [1.54, 1.807) is 0 Å². The van der Waals surface area contributed by atoms with E-state index < -0.39 is 0 Å². The lowest BCUT2D eigenvalue weighted by atomic mass is 9.87. The first-order chi connectivity index (χ1) is 8.76. The van der Waals surface area contributed by atoms with E-state index in [9.17, 15) is 0 Å². The first-order valence-electron chi connectivity index (χ1n) is 6.65. The van der Waals surface area contributed by atoms with Crippen LogP contribution in [0.2, 0.25) is 0 Å². The van der Waals surface area contributed by atoms with Crippen molar-refractivity contribution in [1.29, 1.82) is 0 Å². The van der Waals surface area contributed by atoms with Gasteiger partial charge in [0.25, 0.3) is 0 Å². The molecule has 0 aromatic carbocycles. The third-order valence-corrected chi connectivity index (χ3v) is 3.76. The molecular weight excluding hydrogens is 228 g/mol. The van der Waals surface area contributed by atoms with Crippen LogP contribution in [0.3, 0.4) is 0 Å². The number of hydrogen-bond acceptors (Lipinski definition) is 4. The Hall–Kier alpha value is -0.970. The summed E-state index contributed by atoms with van der Waals surface area (Å²) in [4.78, 5) is 4.46. The number of nitrogens with zero attached hydrogens (tertiary/aromatic N) is 1. The van der Waals surface area contributed by atoms with Gasteiger partial charge >= 0.3 is 0 Å². The van der Waals surface area contributed by atoms with E-state index in [1.807, 2.05) is 25.1 Å². The molecule has 4 nitrogen and oxygen atoms in total. The molecular formula is C14H20N2O2. The van der Waals surface area contributed by atoms with Crippen molar-refractivity contribution in [2.45, 2.75) is 38.1 Å². The zero-order valence-electron chi connectivity index (χ0n) is 10.8. The Morgan fingerprint density at radius 2 is 2.39 bits per heavy atom. The van der Waals surface area contributed by atoms with Crippen LogP contribution in [0.15, 0.2) is 18.2 Å². The van der Waals surface area contributed by atoms with Crippen LogP contribution in [0.5, 0.6) is 0 Å². The molecule has 0 amide bonds. The van der Waals surface area contributed by atoms with Gasteiger partial charge in [-0.05, 0) is 25.5 Å². The average molecular weight is 248 g/mol. The van der Waals surface area contributed by atoms with Gasteiger partial charge in [0.1, 0.15) is 0 Å². The smallest absolute Gasteiger partial charge is 0.0954 e. The maximum absolute atomic E-state index is 5.98. The van der Waals surface area contributed by atoms with Crippen LogP contribution in [0, 0.1) is 6.92 Å². The maximum Gasteiger partial charge on any atom is 0.0954 e. The fourth-order valence-electron chi connectivity index (χ4n) is 2.66. The molecule has 0 bridgehead atoms. The standard InChI is InChI=1S/C14H20N2O2/c1-11-3-2-4-12(16-11)8-17-13-5-6-18-14(7-13)9-15-10-14/h2-4,13,15H,5-10H2,1H3/t13-/m0/s1. The summed E-state index contributed by atoms with van der Waals surface area (Å²) in [6, 6.07) is 6.06.